The first-order valence-corrected chi connectivity index (χ1v) is 7.91. The van der Waals surface area contributed by atoms with Crippen LogP contribution in [-0.4, -0.2) is 4.57 Å². The van der Waals surface area contributed by atoms with Gasteiger partial charge in [-0.2, -0.15) is 0 Å². The smallest absolute Gasteiger partial charge is 0.255 e. The lowest BCUT2D eigenvalue weighted by molar-refractivity contribution is 0.991. The van der Waals surface area contributed by atoms with E-state index < -0.39 is 0 Å². The summed E-state index contributed by atoms with van der Waals surface area (Å²) in [5, 5.41) is 0.754. The number of hydrogen-bond acceptors (Lipinski definition) is 3. The van der Waals surface area contributed by atoms with Crippen molar-refractivity contribution in [2.45, 2.75) is 27.7 Å². The minimum atomic E-state index is -0.192. The van der Waals surface area contributed by atoms with Crippen LogP contribution in [0.3, 0.4) is 0 Å². The summed E-state index contributed by atoms with van der Waals surface area (Å²) in [7, 11) is 0. The normalized spacial score (nSPS) is 8.90. The number of nitrogens with zero attached hydrogens (tertiary/aromatic N) is 1. The van der Waals surface area contributed by atoms with Gasteiger partial charge in [-0.1, -0.05) is 69.8 Å². The Bertz CT molecular complexity index is 592. The van der Waals surface area contributed by atoms with Crippen LogP contribution in [-0.2, 0) is 0 Å². The number of aromatic nitrogens is 1. The molecule has 1 heterocycles. The first kappa shape index (κ1) is 19.9. The lowest BCUT2D eigenvalue weighted by atomic mass is 10.2. The Morgan fingerprint density at radius 1 is 1.05 bits per heavy atom. The summed E-state index contributed by atoms with van der Waals surface area (Å²) in [5.41, 5.74) is 0.935. The highest BCUT2D eigenvalue weighted by atomic mass is 35.5. The second-order valence-electron chi connectivity index (χ2n) is 3.31. The number of hydrogen-bond donors (Lipinski definition) is 2. The molecular formula is C15H20Cl2N2OS. The van der Waals surface area contributed by atoms with Gasteiger partial charge in [-0.15, -0.1) is 0 Å². The minimum Gasteiger partial charge on any atom is -0.332 e. The van der Waals surface area contributed by atoms with Crippen molar-refractivity contribution >= 4 is 41.7 Å². The molecule has 1 N–H and O–H groups in total. The van der Waals surface area contributed by atoms with Gasteiger partial charge >= 0.3 is 0 Å². The third kappa shape index (κ3) is 5.30. The van der Waals surface area contributed by atoms with E-state index in [-0.39, 0.29) is 5.56 Å². The van der Waals surface area contributed by atoms with E-state index >= 15 is 0 Å². The SMILES string of the molecule is CC.CC.O=c1ccccn1-c1c(Cl)cc(NS)cc1Cl. The van der Waals surface area contributed by atoms with Gasteiger partial charge < -0.3 is 4.72 Å². The third-order valence-corrected chi connectivity index (χ3v) is 3.04. The Labute approximate surface area is 141 Å². The summed E-state index contributed by atoms with van der Waals surface area (Å²) in [6.45, 7) is 8.00. The second-order valence-corrected chi connectivity index (χ2v) is 4.35. The standard InChI is InChI=1S/C11H8Cl2N2OS.2C2H6/c12-8-5-7(14-17)6-9(13)11(8)15-4-2-1-3-10(15)16;2*1-2/h1-6,14,17H;2*1-2H3. The molecule has 0 unspecified atom stereocenters. The summed E-state index contributed by atoms with van der Waals surface area (Å²) in [6.07, 6.45) is 1.61. The average molecular weight is 347 g/mol. The van der Waals surface area contributed by atoms with E-state index in [0.29, 0.717) is 21.4 Å². The zero-order valence-electron chi connectivity index (χ0n) is 12.5. The second kappa shape index (κ2) is 10.6. The van der Waals surface area contributed by atoms with Gasteiger partial charge in [-0.25, -0.2) is 0 Å². The monoisotopic (exact) mass is 346 g/mol. The molecule has 3 nitrogen and oxygen atoms in total. The predicted octanol–water partition coefficient (Wildman–Crippen LogP) is 5.45. The Hall–Kier alpha value is -1.10. The largest absolute Gasteiger partial charge is 0.332 e. The molecule has 0 radical (unpaired) electrons. The van der Waals surface area contributed by atoms with Crippen LogP contribution >= 0.6 is 36.0 Å². The molecule has 2 rings (SSSR count). The molecule has 0 saturated carbocycles. The Kier molecular flexibility index (Phi) is 10.0. The Morgan fingerprint density at radius 2 is 1.57 bits per heavy atom. The first-order valence-electron chi connectivity index (χ1n) is 6.70. The van der Waals surface area contributed by atoms with Gasteiger partial charge in [0, 0.05) is 18.0 Å². The van der Waals surface area contributed by atoms with Gasteiger partial charge in [0.2, 0.25) is 0 Å². The number of benzene rings is 1. The quantitative estimate of drug-likeness (QED) is 0.708. The zero-order valence-corrected chi connectivity index (χ0v) is 14.9. The fourth-order valence-electron chi connectivity index (χ4n) is 1.47. The van der Waals surface area contributed by atoms with Crippen LogP contribution in [0, 0.1) is 0 Å². The van der Waals surface area contributed by atoms with Crippen molar-refractivity contribution in [1.29, 1.82) is 0 Å². The molecule has 0 spiro atoms. The predicted molar refractivity (Wildman–Crippen MR) is 97.4 cm³/mol. The molecule has 0 amide bonds. The first-order chi connectivity index (χ1) is 10.1. The van der Waals surface area contributed by atoms with Crippen LogP contribution in [0.4, 0.5) is 5.69 Å². The highest BCUT2D eigenvalue weighted by molar-refractivity contribution is 7.81. The van der Waals surface area contributed by atoms with Crippen molar-refractivity contribution in [3.63, 3.8) is 0 Å². The maximum Gasteiger partial charge on any atom is 0.255 e. The van der Waals surface area contributed by atoms with E-state index in [1.54, 1.807) is 30.5 Å². The van der Waals surface area contributed by atoms with Crippen molar-refractivity contribution in [3.8, 4) is 5.69 Å². The van der Waals surface area contributed by atoms with Gasteiger partial charge in [0.1, 0.15) is 0 Å². The molecule has 0 saturated heterocycles. The number of thiol groups is 1. The lowest BCUT2D eigenvalue weighted by Gasteiger charge is -2.11. The van der Waals surface area contributed by atoms with E-state index in [2.05, 4.69) is 17.5 Å². The molecule has 0 aliphatic carbocycles. The number of nitrogens with one attached hydrogen (secondary N) is 1. The summed E-state index contributed by atoms with van der Waals surface area (Å²) in [4.78, 5) is 11.7. The van der Waals surface area contributed by atoms with E-state index in [1.165, 1.54) is 10.6 Å². The van der Waals surface area contributed by atoms with Crippen LogP contribution in [0.25, 0.3) is 5.69 Å². The number of pyridine rings is 1. The van der Waals surface area contributed by atoms with Crippen LogP contribution in [0.5, 0.6) is 0 Å². The Balaban J connectivity index is 0.000000921. The summed E-state index contributed by atoms with van der Waals surface area (Å²) >= 11 is 16.1. The van der Waals surface area contributed by atoms with Crippen LogP contribution < -0.4 is 10.3 Å². The maximum atomic E-state index is 11.7. The third-order valence-electron chi connectivity index (χ3n) is 2.21. The van der Waals surface area contributed by atoms with Gasteiger partial charge in [-0.3, -0.25) is 9.36 Å². The van der Waals surface area contributed by atoms with E-state index in [0.717, 1.165) is 0 Å². The van der Waals surface area contributed by atoms with Crippen molar-refractivity contribution in [2.24, 2.45) is 0 Å². The molecule has 116 valence electrons. The van der Waals surface area contributed by atoms with Gasteiger partial charge in [0.25, 0.3) is 5.56 Å². The zero-order chi connectivity index (χ0) is 16.4. The molecule has 0 aliphatic rings. The molecule has 0 aliphatic heterocycles. The van der Waals surface area contributed by atoms with Gasteiger partial charge in [0.15, 0.2) is 0 Å². The van der Waals surface area contributed by atoms with Gasteiger partial charge in [-0.05, 0) is 18.2 Å². The fraction of sp³-hybridized carbons (Fsp3) is 0.267. The van der Waals surface area contributed by atoms with Crippen LogP contribution in [0.2, 0.25) is 10.0 Å². The van der Waals surface area contributed by atoms with Crippen LogP contribution in [0.1, 0.15) is 27.7 Å². The highest BCUT2D eigenvalue weighted by Gasteiger charge is 2.10. The van der Waals surface area contributed by atoms with E-state index in [1.807, 2.05) is 27.7 Å². The maximum absolute atomic E-state index is 11.7. The molecular weight excluding hydrogens is 327 g/mol. The number of halogens is 2. The Morgan fingerprint density at radius 3 is 2.00 bits per heavy atom. The van der Waals surface area contributed by atoms with E-state index in [9.17, 15) is 4.79 Å². The van der Waals surface area contributed by atoms with Crippen molar-refractivity contribution in [1.82, 2.24) is 4.57 Å². The van der Waals surface area contributed by atoms with Crippen LogP contribution in [0.15, 0.2) is 41.3 Å². The van der Waals surface area contributed by atoms with Gasteiger partial charge in [0.05, 0.1) is 15.7 Å². The number of anilines is 1. The summed E-state index contributed by atoms with van der Waals surface area (Å²) in [5.74, 6) is 0. The van der Waals surface area contributed by atoms with Crippen molar-refractivity contribution in [2.75, 3.05) is 4.72 Å². The molecule has 1 aromatic carbocycles. The van der Waals surface area contributed by atoms with E-state index in [4.69, 9.17) is 23.2 Å². The highest BCUT2D eigenvalue weighted by Crippen LogP contribution is 2.31. The molecule has 0 atom stereocenters. The molecule has 1 aromatic heterocycles. The topological polar surface area (TPSA) is 34.0 Å². The lowest BCUT2D eigenvalue weighted by Crippen LogP contribution is -2.16. The molecule has 0 fully saturated rings. The molecule has 0 bridgehead atoms. The number of rotatable bonds is 2. The fourth-order valence-corrected chi connectivity index (χ4v) is 2.27. The van der Waals surface area contributed by atoms with Crippen molar-refractivity contribution in [3.05, 3.63) is 56.9 Å². The summed E-state index contributed by atoms with van der Waals surface area (Å²) < 4.78 is 4.04. The summed E-state index contributed by atoms with van der Waals surface area (Å²) in [6, 6.07) is 8.13. The van der Waals surface area contributed by atoms with Crippen molar-refractivity contribution < 1.29 is 0 Å². The minimum absolute atomic E-state index is 0.192. The molecule has 6 heteroatoms. The average Bonchev–Trinajstić information content (AvgIpc) is 2.52. The molecule has 21 heavy (non-hydrogen) atoms. The molecule has 2 aromatic rings.